The summed E-state index contributed by atoms with van der Waals surface area (Å²) in [4.78, 5) is 6.77. The number of hydrazine groups is 1. The Hall–Kier alpha value is -2.79. The predicted octanol–water partition coefficient (Wildman–Crippen LogP) is 5.45. The van der Waals surface area contributed by atoms with E-state index >= 15 is 0 Å². The third-order valence-electron chi connectivity index (χ3n) is 4.64. The number of anilines is 5. The van der Waals surface area contributed by atoms with Crippen molar-refractivity contribution in [2.45, 2.75) is 9.79 Å². The van der Waals surface area contributed by atoms with Crippen molar-refractivity contribution in [1.82, 2.24) is 0 Å². The van der Waals surface area contributed by atoms with E-state index in [9.17, 15) is 0 Å². The Balaban J connectivity index is 1.82. The van der Waals surface area contributed by atoms with Crippen LogP contribution < -0.4 is 20.2 Å². The second kappa shape index (κ2) is 7.08. The lowest BCUT2D eigenvalue weighted by molar-refractivity contribution is 1.06. The fraction of sp³-hybridized carbons (Fsp3) is 0.182. The first-order valence-corrected chi connectivity index (χ1v) is 9.77. The SMILES string of the molecule is CN(C)c1ccc2c(c1)Sc1cc(N(C)C)ccc1N2Nc1ccccc1. The standard InChI is InChI=1S/C22H24N4S/c1-24(2)17-10-12-19-21(14-17)27-22-15-18(25(3)4)11-13-20(22)26(19)23-16-8-6-5-7-9-16/h5-15,23H,1-4H3. The van der Waals surface area contributed by atoms with E-state index in [-0.39, 0.29) is 0 Å². The molecule has 0 atom stereocenters. The molecular formula is C22H24N4S. The molecule has 1 heterocycles. The van der Waals surface area contributed by atoms with Gasteiger partial charge in [0, 0.05) is 49.4 Å². The normalized spacial score (nSPS) is 12.2. The first kappa shape index (κ1) is 17.6. The van der Waals surface area contributed by atoms with Gasteiger partial charge in [0.1, 0.15) is 0 Å². The summed E-state index contributed by atoms with van der Waals surface area (Å²) in [5, 5.41) is 2.19. The summed E-state index contributed by atoms with van der Waals surface area (Å²) < 4.78 is 0. The molecule has 1 aliphatic heterocycles. The third kappa shape index (κ3) is 3.43. The number of hydrogen-bond acceptors (Lipinski definition) is 5. The molecule has 27 heavy (non-hydrogen) atoms. The van der Waals surface area contributed by atoms with Gasteiger partial charge in [-0.2, -0.15) is 0 Å². The highest BCUT2D eigenvalue weighted by molar-refractivity contribution is 7.99. The number of benzene rings is 3. The van der Waals surface area contributed by atoms with Crippen LogP contribution in [-0.2, 0) is 0 Å². The second-order valence-corrected chi connectivity index (χ2v) is 8.09. The molecule has 0 radical (unpaired) electrons. The highest BCUT2D eigenvalue weighted by Gasteiger charge is 2.25. The molecule has 0 aromatic heterocycles. The summed E-state index contributed by atoms with van der Waals surface area (Å²) in [7, 11) is 8.31. The molecule has 0 fully saturated rings. The number of nitrogens with one attached hydrogen (secondary N) is 1. The first-order valence-electron chi connectivity index (χ1n) is 8.95. The van der Waals surface area contributed by atoms with Crippen LogP contribution in [0.15, 0.2) is 76.5 Å². The number of hydrogen-bond donors (Lipinski definition) is 1. The molecule has 0 aliphatic carbocycles. The summed E-state index contributed by atoms with van der Waals surface area (Å²) in [6.45, 7) is 0. The van der Waals surface area contributed by atoms with Gasteiger partial charge in [-0.25, -0.2) is 0 Å². The molecular weight excluding hydrogens is 352 g/mol. The number of fused-ring (bicyclic) bond motifs is 2. The lowest BCUT2D eigenvalue weighted by Crippen LogP contribution is -2.27. The van der Waals surface area contributed by atoms with Gasteiger partial charge in [-0.3, -0.25) is 10.4 Å². The quantitative estimate of drug-likeness (QED) is 0.652. The van der Waals surface area contributed by atoms with E-state index in [1.807, 2.05) is 30.0 Å². The van der Waals surface area contributed by atoms with Gasteiger partial charge in [0.15, 0.2) is 0 Å². The first-order chi connectivity index (χ1) is 13.0. The molecule has 3 aromatic rings. The highest BCUT2D eigenvalue weighted by atomic mass is 32.2. The van der Waals surface area contributed by atoms with E-state index in [0.717, 1.165) is 5.69 Å². The highest BCUT2D eigenvalue weighted by Crippen LogP contribution is 2.49. The average Bonchev–Trinajstić information content (AvgIpc) is 2.67. The smallest absolute Gasteiger partial charge is 0.0771 e. The molecule has 1 N–H and O–H groups in total. The molecule has 0 saturated heterocycles. The molecule has 4 rings (SSSR count). The predicted molar refractivity (Wildman–Crippen MR) is 118 cm³/mol. The van der Waals surface area contributed by atoms with Crippen molar-refractivity contribution in [2.24, 2.45) is 0 Å². The van der Waals surface area contributed by atoms with Crippen LogP contribution in [0.3, 0.4) is 0 Å². The number of nitrogens with zero attached hydrogens (tertiary/aromatic N) is 3. The summed E-state index contributed by atoms with van der Waals surface area (Å²) in [5.74, 6) is 0. The third-order valence-corrected chi connectivity index (χ3v) is 5.73. The van der Waals surface area contributed by atoms with Gasteiger partial charge in [-0.05, 0) is 48.5 Å². The van der Waals surface area contributed by atoms with Crippen molar-refractivity contribution in [3.8, 4) is 0 Å². The largest absolute Gasteiger partial charge is 0.378 e. The molecule has 0 spiro atoms. The fourth-order valence-corrected chi connectivity index (χ4v) is 4.23. The Morgan fingerprint density at radius 2 is 1.22 bits per heavy atom. The Labute approximate surface area is 165 Å². The van der Waals surface area contributed by atoms with Crippen molar-refractivity contribution in [3.63, 3.8) is 0 Å². The molecule has 0 unspecified atom stereocenters. The minimum Gasteiger partial charge on any atom is -0.378 e. The fourth-order valence-electron chi connectivity index (χ4n) is 3.11. The van der Waals surface area contributed by atoms with E-state index in [4.69, 9.17) is 0 Å². The van der Waals surface area contributed by atoms with Crippen molar-refractivity contribution in [1.29, 1.82) is 0 Å². The molecule has 3 aromatic carbocycles. The van der Waals surface area contributed by atoms with Gasteiger partial charge in [-0.1, -0.05) is 30.0 Å². The van der Waals surface area contributed by atoms with E-state index in [2.05, 4.69) is 97.0 Å². The summed E-state index contributed by atoms with van der Waals surface area (Å²) in [5.41, 5.74) is 9.38. The van der Waals surface area contributed by atoms with Crippen molar-refractivity contribution >= 4 is 40.2 Å². The minimum absolute atomic E-state index is 1.06. The van der Waals surface area contributed by atoms with Crippen LogP contribution in [0.1, 0.15) is 0 Å². The van der Waals surface area contributed by atoms with Gasteiger partial charge in [0.05, 0.1) is 17.1 Å². The Morgan fingerprint density at radius 1 is 0.704 bits per heavy atom. The Kier molecular flexibility index (Phi) is 4.62. The van der Waals surface area contributed by atoms with Crippen LogP contribution in [0.4, 0.5) is 28.4 Å². The summed E-state index contributed by atoms with van der Waals surface area (Å²) in [6, 6.07) is 23.5. The van der Waals surface area contributed by atoms with Gasteiger partial charge in [0.2, 0.25) is 0 Å². The van der Waals surface area contributed by atoms with Gasteiger partial charge < -0.3 is 9.80 Å². The van der Waals surface area contributed by atoms with Crippen LogP contribution in [-0.4, -0.2) is 28.2 Å². The van der Waals surface area contributed by atoms with Crippen LogP contribution in [0.2, 0.25) is 0 Å². The van der Waals surface area contributed by atoms with E-state index in [1.165, 1.54) is 32.5 Å². The molecule has 0 bridgehead atoms. The topological polar surface area (TPSA) is 21.8 Å². The minimum atomic E-state index is 1.06. The molecule has 0 saturated carbocycles. The maximum atomic E-state index is 3.58. The average molecular weight is 377 g/mol. The number of para-hydroxylation sites is 1. The lowest BCUT2D eigenvalue weighted by Gasteiger charge is -2.34. The van der Waals surface area contributed by atoms with E-state index in [1.54, 1.807) is 0 Å². The summed E-state index contributed by atoms with van der Waals surface area (Å²) in [6.07, 6.45) is 0. The van der Waals surface area contributed by atoms with Crippen molar-refractivity contribution < 1.29 is 0 Å². The zero-order chi connectivity index (χ0) is 19.0. The molecule has 1 aliphatic rings. The molecule has 5 heteroatoms. The van der Waals surface area contributed by atoms with Crippen molar-refractivity contribution in [3.05, 3.63) is 66.7 Å². The van der Waals surface area contributed by atoms with Crippen LogP contribution >= 0.6 is 11.8 Å². The Bertz CT molecular complexity index is 896. The monoisotopic (exact) mass is 376 g/mol. The lowest BCUT2D eigenvalue weighted by atomic mass is 10.2. The van der Waals surface area contributed by atoms with Crippen LogP contribution in [0.25, 0.3) is 0 Å². The second-order valence-electron chi connectivity index (χ2n) is 7.01. The zero-order valence-corrected chi connectivity index (χ0v) is 16.9. The maximum Gasteiger partial charge on any atom is 0.0771 e. The molecule has 0 amide bonds. The number of rotatable bonds is 4. The van der Waals surface area contributed by atoms with Gasteiger partial charge in [0.25, 0.3) is 0 Å². The van der Waals surface area contributed by atoms with E-state index in [0.29, 0.717) is 0 Å². The van der Waals surface area contributed by atoms with Crippen LogP contribution in [0.5, 0.6) is 0 Å². The molecule has 138 valence electrons. The van der Waals surface area contributed by atoms with E-state index < -0.39 is 0 Å². The van der Waals surface area contributed by atoms with Crippen molar-refractivity contribution in [2.75, 3.05) is 48.4 Å². The van der Waals surface area contributed by atoms with Gasteiger partial charge in [-0.15, -0.1) is 0 Å². The Morgan fingerprint density at radius 3 is 1.70 bits per heavy atom. The summed E-state index contributed by atoms with van der Waals surface area (Å²) >= 11 is 1.82. The van der Waals surface area contributed by atoms with Crippen LogP contribution in [0, 0.1) is 0 Å². The maximum absolute atomic E-state index is 3.58. The zero-order valence-electron chi connectivity index (χ0n) is 16.1. The molecule has 4 nitrogen and oxygen atoms in total. The van der Waals surface area contributed by atoms with Gasteiger partial charge >= 0.3 is 0 Å².